The zero-order valence-corrected chi connectivity index (χ0v) is 19.0. The molecule has 3 aliphatic rings. The molecule has 1 atom stereocenters. The van der Waals surface area contributed by atoms with Gasteiger partial charge in [-0.25, -0.2) is 9.18 Å². The van der Waals surface area contributed by atoms with Gasteiger partial charge in [0.05, 0.1) is 30.0 Å². The Hall–Kier alpha value is -2.10. The molecule has 0 aromatic heterocycles. The first-order valence-electron chi connectivity index (χ1n) is 9.91. The smallest absolute Gasteiger partial charge is 0.414 e. The molecular weight excluding hydrogens is 461 g/mol. The van der Waals surface area contributed by atoms with Crippen LogP contribution in [0.25, 0.3) is 0 Å². The molecule has 6 nitrogen and oxygen atoms in total. The molecule has 2 amide bonds. The Morgan fingerprint density at radius 2 is 2.13 bits per heavy atom. The second-order valence-corrected chi connectivity index (χ2v) is 9.49. The molecule has 2 saturated heterocycles. The average molecular weight is 482 g/mol. The van der Waals surface area contributed by atoms with Gasteiger partial charge in [-0.15, -0.1) is 0 Å². The van der Waals surface area contributed by atoms with E-state index in [0.717, 1.165) is 24.6 Å². The number of nitrogens with one attached hydrogen (secondary N) is 1. The molecule has 31 heavy (non-hydrogen) atoms. The number of carbonyl (C=O) groups is 2. The van der Waals surface area contributed by atoms with E-state index in [0.29, 0.717) is 33.3 Å². The van der Waals surface area contributed by atoms with E-state index in [4.69, 9.17) is 28.6 Å². The van der Waals surface area contributed by atoms with Crippen LogP contribution < -0.4 is 15.1 Å². The number of nitrogens with zero attached hydrogens (tertiary/aromatic N) is 2. The van der Waals surface area contributed by atoms with Crippen LogP contribution in [0.3, 0.4) is 0 Å². The number of thiocarbonyl (C=S) groups is 1. The fourth-order valence-electron chi connectivity index (χ4n) is 3.63. The highest BCUT2D eigenvalue weighted by Crippen LogP contribution is 2.29. The summed E-state index contributed by atoms with van der Waals surface area (Å²) in [4.78, 5) is 28.6. The molecule has 0 unspecified atom stereocenters. The van der Waals surface area contributed by atoms with Crippen molar-refractivity contribution in [1.29, 1.82) is 0 Å². The number of ether oxygens (including phenoxy) is 1. The number of thioether (sulfide) groups is 1. The van der Waals surface area contributed by atoms with Crippen molar-refractivity contribution in [3.63, 3.8) is 0 Å². The van der Waals surface area contributed by atoms with Crippen LogP contribution in [0.15, 0.2) is 41.0 Å². The Morgan fingerprint density at radius 3 is 2.87 bits per heavy atom. The number of cyclic esters (lactones) is 1. The standard InChI is InChI=1S/C21H21ClFN3O3S2/c22-13-1-4-19(30)16(9-13)20(27)24-11-15-12-26(21(28)29-15)14-2-3-18(17(23)10-14)25-5-7-31-8-6-25/h1-3,9-10,15H,4-8,11-12H2,(H,24,27)/t15-/m0/s1. The molecule has 0 bridgehead atoms. The summed E-state index contributed by atoms with van der Waals surface area (Å²) in [6.45, 7) is 1.93. The summed E-state index contributed by atoms with van der Waals surface area (Å²) in [7, 11) is 0. The number of halogens is 2. The molecule has 1 aliphatic carbocycles. The van der Waals surface area contributed by atoms with Crippen LogP contribution in [0, 0.1) is 5.82 Å². The van der Waals surface area contributed by atoms with Gasteiger partial charge in [-0.3, -0.25) is 9.69 Å². The van der Waals surface area contributed by atoms with Crippen molar-refractivity contribution in [2.24, 2.45) is 0 Å². The summed E-state index contributed by atoms with van der Waals surface area (Å²) >= 11 is 13.0. The summed E-state index contributed by atoms with van der Waals surface area (Å²) in [5, 5.41) is 3.20. The number of rotatable bonds is 5. The third kappa shape index (κ3) is 5.05. The van der Waals surface area contributed by atoms with Crippen LogP contribution in [0.4, 0.5) is 20.6 Å². The van der Waals surface area contributed by atoms with Gasteiger partial charge in [-0.2, -0.15) is 11.8 Å². The lowest BCUT2D eigenvalue weighted by Gasteiger charge is -2.29. The minimum atomic E-state index is -0.570. The highest BCUT2D eigenvalue weighted by Gasteiger charge is 2.33. The Labute approximate surface area is 194 Å². The number of amides is 2. The third-order valence-corrected chi connectivity index (χ3v) is 6.86. The summed E-state index contributed by atoms with van der Waals surface area (Å²) in [5.74, 6) is 1.21. The van der Waals surface area contributed by atoms with E-state index < -0.39 is 12.2 Å². The van der Waals surface area contributed by atoms with Gasteiger partial charge in [0.1, 0.15) is 11.9 Å². The predicted molar refractivity (Wildman–Crippen MR) is 126 cm³/mol. The maximum atomic E-state index is 14.7. The van der Waals surface area contributed by atoms with E-state index in [-0.39, 0.29) is 24.8 Å². The quantitative estimate of drug-likeness (QED) is 0.648. The van der Waals surface area contributed by atoms with Crippen LogP contribution in [-0.4, -0.2) is 60.7 Å². The van der Waals surface area contributed by atoms with Gasteiger partial charge in [0.25, 0.3) is 5.91 Å². The molecule has 1 aromatic rings. The topological polar surface area (TPSA) is 61.9 Å². The van der Waals surface area contributed by atoms with Gasteiger partial charge in [0.2, 0.25) is 0 Å². The normalized spacial score (nSPS) is 21.5. The molecule has 164 valence electrons. The van der Waals surface area contributed by atoms with Crippen molar-refractivity contribution in [3.8, 4) is 0 Å². The third-order valence-electron chi connectivity index (χ3n) is 5.27. The first kappa shape index (κ1) is 22.1. The van der Waals surface area contributed by atoms with Crippen molar-refractivity contribution in [1.82, 2.24) is 5.32 Å². The summed E-state index contributed by atoms with van der Waals surface area (Å²) < 4.78 is 20.1. The van der Waals surface area contributed by atoms with Gasteiger partial charge >= 0.3 is 6.09 Å². The van der Waals surface area contributed by atoms with Crippen molar-refractivity contribution in [2.75, 3.05) is 47.5 Å². The number of anilines is 2. The predicted octanol–water partition coefficient (Wildman–Crippen LogP) is 3.64. The van der Waals surface area contributed by atoms with Crippen LogP contribution >= 0.6 is 35.6 Å². The average Bonchev–Trinajstić information content (AvgIpc) is 3.14. The van der Waals surface area contributed by atoms with Crippen molar-refractivity contribution in [2.45, 2.75) is 12.5 Å². The van der Waals surface area contributed by atoms with Crippen LogP contribution in [0.2, 0.25) is 0 Å². The van der Waals surface area contributed by atoms with Gasteiger partial charge in [0, 0.05) is 40.9 Å². The number of allylic oxidation sites excluding steroid dienone is 3. The first-order valence-corrected chi connectivity index (χ1v) is 11.9. The highest BCUT2D eigenvalue weighted by molar-refractivity contribution is 7.99. The minimum absolute atomic E-state index is 0.119. The minimum Gasteiger partial charge on any atom is -0.442 e. The lowest BCUT2D eigenvalue weighted by atomic mass is 10.0. The Balaban J connectivity index is 1.37. The molecule has 0 radical (unpaired) electrons. The lowest BCUT2D eigenvalue weighted by molar-refractivity contribution is -0.117. The SMILES string of the molecule is O=C(NC[C@H]1CN(c2ccc(N3CCSCC3)c(F)c2)C(=O)O1)C1=CC(Cl)=CCC1=S. The summed E-state index contributed by atoms with van der Waals surface area (Å²) in [5.41, 5.74) is 1.32. The molecular formula is C21H21ClFN3O3S2. The van der Waals surface area contributed by atoms with E-state index in [2.05, 4.69) is 5.32 Å². The zero-order valence-electron chi connectivity index (χ0n) is 16.6. The molecule has 0 spiro atoms. The van der Waals surface area contributed by atoms with Crippen LogP contribution in [0.1, 0.15) is 6.42 Å². The Bertz CT molecular complexity index is 979. The van der Waals surface area contributed by atoms with E-state index in [9.17, 15) is 14.0 Å². The van der Waals surface area contributed by atoms with Gasteiger partial charge in [0.15, 0.2) is 0 Å². The molecule has 4 rings (SSSR count). The van der Waals surface area contributed by atoms with E-state index in [1.165, 1.54) is 17.0 Å². The molecule has 10 heteroatoms. The number of hydrogen-bond acceptors (Lipinski definition) is 6. The Kier molecular flexibility index (Phi) is 6.83. The van der Waals surface area contributed by atoms with Crippen molar-refractivity contribution < 1.29 is 18.7 Å². The number of benzene rings is 1. The molecule has 1 aromatic carbocycles. The molecule has 2 heterocycles. The highest BCUT2D eigenvalue weighted by atomic mass is 35.5. The van der Waals surface area contributed by atoms with Gasteiger partial charge < -0.3 is 15.0 Å². The largest absolute Gasteiger partial charge is 0.442 e. The van der Waals surface area contributed by atoms with E-state index >= 15 is 0 Å². The van der Waals surface area contributed by atoms with Crippen molar-refractivity contribution in [3.05, 3.63) is 46.8 Å². The second kappa shape index (κ2) is 9.58. The lowest BCUT2D eigenvalue weighted by Crippen LogP contribution is -2.36. The zero-order chi connectivity index (χ0) is 22.0. The first-order chi connectivity index (χ1) is 14.9. The fraction of sp³-hybridized carbons (Fsp3) is 0.381. The maximum Gasteiger partial charge on any atom is 0.414 e. The Morgan fingerprint density at radius 1 is 1.35 bits per heavy atom. The second-order valence-electron chi connectivity index (χ2n) is 7.34. The fourth-order valence-corrected chi connectivity index (χ4v) is 4.96. The van der Waals surface area contributed by atoms with Gasteiger partial charge in [-0.05, 0) is 24.3 Å². The van der Waals surface area contributed by atoms with E-state index in [1.807, 2.05) is 16.7 Å². The van der Waals surface area contributed by atoms with Crippen molar-refractivity contribution >= 4 is 63.8 Å². The summed E-state index contributed by atoms with van der Waals surface area (Å²) in [6, 6.07) is 4.79. The molecule has 1 N–H and O–H groups in total. The monoisotopic (exact) mass is 481 g/mol. The molecule has 2 aliphatic heterocycles. The number of hydrogen-bond donors (Lipinski definition) is 1. The van der Waals surface area contributed by atoms with Crippen LogP contribution in [-0.2, 0) is 9.53 Å². The summed E-state index contributed by atoms with van der Waals surface area (Å²) in [6.07, 6.45) is 2.59. The van der Waals surface area contributed by atoms with Gasteiger partial charge in [-0.1, -0.05) is 29.9 Å². The van der Waals surface area contributed by atoms with E-state index in [1.54, 1.807) is 18.2 Å². The maximum absolute atomic E-state index is 14.7. The van der Waals surface area contributed by atoms with Crippen LogP contribution in [0.5, 0.6) is 0 Å². The molecule has 2 fully saturated rings. The number of carbonyl (C=O) groups excluding carboxylic acids is 2. The molecule has 0 saturated carbocycles.